The number of hydrogen-bond donors (Lipinski definition) is 0. The predicted octanol–water partition coefficient (Wildman–Crippen LogP) is 12.6. The second-order valence-corrected chi connectivity index (χ2v) is 12.2. The Bertz CT molecular complexity index is 2810. The van der Waals surface area contributed by atoms with Crippen LogP contribution < -0.4 is 0 Å². The van der Waals surface area contributed by atoms with E-state index in [1.54, 1.807) is 0 Å². The van der Waals surface area contributed by atoms with E-state index in [1.807, 2.05) is 30.3 Å². The molecule has 0 bridgehead atoms. The maximum Gasteiger partial charge on any atom is 0.114 e. The smallest absolute Gasteiger partial charge is 0.114 e. The van der Waals surface area contributed by atoms with Crippen LogP contribution in [-0.2, 0) is 6.42 Å². The van der Waals surface area contributed by atoms with E-state index >= 15 is 0 Å². The Labute approximate surface area is 293 Å². The lowest BCUT2D eigenvalue weighted by molar-refractivity contribution is 0.908. The van der Waals surface area contributed by atoms with Crippen molar-refractivity contribution in [2.75, 3.05) is 0 Å². The summed E-state index contributed by atoms with van der Waals surface area (Å²) in [7, 11) is 0. The number of rotatable bonds is 6. The molecule has 8 aromatic carbocycles. The molecule has 0 N–H and O–H groups in total. The van der Waals surface area contributed by atoms with Crippen molar-refractivity contribution in [3.63, 3.8) is 0 Å². The van der Waals surface area contributed by atoms with Crippen LogP contribution in [0.15, 0.2) is 176 Å². The molecule has 9 aromatic rings. The highest BCUT2D eigenvalue weighted by molar-refractivity contribution is 6.21. The molecule has 1 heterocycles. The molecule has 1 aromatic heterocycles. The molecule has 0 aliphatic carbocycles. The molecular formula is C47H34N2. The first-order valence-corrected chi connectivity index (χ1v) is 16.6. The Hall–Kier alpha value is -6.25. The topological polar surface area (TPSA) is 17.8 Å². The third kappa shape index (κ3) is 5.01. The first kappa shape index (κ1) is 24.0. The molecule has 0 spiro atoms. The van der Waals surface area contributed by atoms with Gasteiger partial charge in [-0.2, -0.15) is 0 Å². The fourth-order valence-electron chi connectivity index (χ4n) is 7.18. The van der Waals surface area contributed by atoms with E-state index in [2.05, 4.69) is 127 Å². The van der Waals surface area contributed by atoms with Crippen LogP contribution in [0.2, 0.25) is 0 Å². The van der Waals surface area contributed by atoms with Crippen molar-refractivity contribution < 1.29 is 6.85 Å². The zero-order valence-corrected chi connectivity index (χ0v) is 27.0. The molecule has 9 rings (SSSR count). The van der Waals surface area contributed by atoms with Gasteiger partial charge in [0, 0.05) is 12.1 Å². The fourth-order valence-corrected chi connectivity index (χ4v) is 7.18. The van der Waals surface area contributed by atoms with Gasteiger partial charge in [-0.15, -0.1) is 0 Å². The van der Waals surface area contributed by atoms with Gasteiger partial charge in [0.2, 0.25) is 0 Å². The monoisotopic (exact) mass is 631 g/mol. The molecule has 0 aliphatic heterocycles. The Morgan fingerprint density at radius 2 is 0.898 bits per heavy atom. The summed E-state index contributed by atoms with van der Waals surface area (Å²) in [5.41, 5.74) is 10.7. The van der Waals surface area contributed by atoms with E-state index in [0.29, 0.717) is 5.56 Å². The van der Waals surface area contributed by atoms with Gasteiger partial charge >= 0.3 is 0 Å². The first-order valence-electron chi connectivity index (χ1n) is 19.1. The van der Waals surface area contributed by atoms with E-state index in [4.69, 9.17) is 11.8 Å². The quantitative estimate of drug-likeness (QED) is 0.167. The zero-order valence-electron chi connectivity index (χ0n) is 32.0. The molecule has 0 radical (unpaired) electrons. The first-order chi connectivity index (χ1) is 26.3. The van der Waals surface area contributed by atoms with Crippen molar-refractivity contribution in [2.45, 2.75) is 13.3 Å². The Balaban J connectivity index is 1.11. The second-order valence-electron chi connectivity index (χ2n) is 12.2. The molecule has 0 saturated carbocycles. The van der Waals surface area contributed by atoms with Gasteiger partial charge in [-0.05, 0) is 90.3 Å². The largest absolute Gasteiger partial charge is 0.296 e. The van der Waals surface area contributed by atoms with Gasteiger partial charge in [0.05, 0.1) is 17.9 Å². The molecule has 232 valence electrons. The van der Waals surface area contributed by atoms with E-state index in [9.17, 15) is 0 Å². The molecule has 49 heavy (non-hydrogen) atoms. The number of aromatic nitrogens is 2. The van der Waals surface area contributed by atoms with E-state index in [1.165, 1.54) is 5.56 Å². The van der Waals surface area contributed by atoms with Crippen LogP contribution in [0.3, 0.4) is 0 Å². The molecule has 0 fully saturated rings. The number of imidazole rings is 1. The summed E-state index contributed by atoms with van der Waals surface area (Å²) in [5.74, 6) is 1.05. The van der Waals surface area contributed by atoms with Gasteiger partial charge in [-0.3, -0.25) is 4.57 Å². The van der Waals surface area contributed by atoms with Crippen molar-refractivity contribution in [1.29, 1.82) is 0 Å². The summed E-state index contributed by atoms with van der Waals surface area (Å²) in [4.78, 5) is 4.85. The van der Waals surface area contributed by atoms with Crippen LogP contribution in [0.1, 0.15) is 19.6 Å². The minimum Gasteiger partial charge on any atom is -0.296 e. The molecule has 0 saturated heterocycles. The van der Waals surface area contributed by atoms with Gasteiger partial charge in [-0.25, -0.2) is 4.98 Å². The van der Waals surface area contributed by atoms with Crippen LogP contribution in [0.25, 0.3) is 82.8 Å². The minimum absolute atomic E-state index is 0.203. The Kier molecular flexibility index (Phi) is 5.91. The number of benzene rings is 8. The maximum absolute atomic E-state index is 8.47. The lowest BCUT2D eigenvalue weighted by Gasteiger charge is -2.18. The van der Waals surface area contributed by atoms with Crippen molar-refractivity contribution in [2.24, 2.45) is 0 Å². The number of aryl methyl sites for hydroxylation is 1. The van der Waals surface area contributed by atoms with E-state index in [0.717, 1.165) is 78.3 Å². The van der Waals surface area contributed by atoms with Crippen molar-refractivity contribution in [3.05, 3.63) is 182 Å². The van der Waals surface area contributed by atoms with Gasteiger partial charge in [0.15, 0.2) is 0 Å². The van der Waals surface area contributed by atoms with Crippen molar-refractivity contribution in [3.8, 4) is 50.2 Å². The van der Waals surface area contributed by atoms with Gasteiger partial charge in [0.25, 0.3) is 0 Å². The standard InChI is InChI=1S/C47H34N2/c1-2-45-48-43-18-10-11-19-44(43)49(45)38-30-28-35(29-31-38)34-22-26-37(27-23-34)47-41-16-8-6-14-39(41)46(40-15-7-9-17-42(40)47)36-24-20-33(21-25-36)32-12-4-3-5-13-32/h3-31H,2H2,1H3/i3D,4D,5D,12D,13D. The molecule has 0 aliphatic rings. The Morgan fingerprint density at radius 3 is 1.41 bits per heavy atom. The maximum atomic E-state index is 8.47. The Morgan fingerprint density at radius 1 is 0.469 bits per heavy atom. The number of nitrogens with zero attached hydrogens (tertiary/aromatic N) is 2. The molecule has 2 heteroatoms. The number of fused-ring (bicyclic) bond motifs is 3. The lowest BCUT2D eigenvalue weighted by Crippen LogP contribution is -1.99. The summed E-state index contributed by atoms with van der Waals surface area (Å²) >= 11 is 0. The summed E-state index contributed by atoms with van der Waals surface area (Å²) in [5, 5.41) is 4.49. The second kappa shape index (κ2) is 12.1. The highest BCUT2D eigenvalue weighted by Crippen LogP contribution is 2.44. The van der Waals surface area contributed by atoms with Crippen LogP contribution in [0, 0.1) is 0 Å². The highest BCUT2D eigenvalue weighted by Gasteiger charge is 2.17. The molecule has 0 unspecified atom stereocenters. The van der Waals surface area contributed by atoms with Gasteiger partial charge < -0.3 is 0 Å². The van der Waals surface area contributed by atoms with Crippen LogP contribution >= 0.6 is 0 Å². The zero-order chi connectivity index (χ0) is 37.1. The van der Waals surface area contributed by atoms with Gasteiger partial charge in [-0.1, -0.05) is 158 Å². The molecular weight excluding hydrogens is 593 g/mol. The van der Waals surface area contributed by atoms with Crippen LogP contribution in [-0.4, -0.2) is 9.55 Å². The van der Waals surface area contributed by atoms with E-state index in [-0.39, 0.29) is 29.7 Å². The van der Waals surface area contributed by atoms with E-state index < -0.39 is 6.04 Å². The SMILES string of the molecule is [2H]c1c([2H])c([2H])c(-c2ccc(-c3c4ccccc4c(-c4ccc(-c5ccc(-n6c(CC)nc7ccccc76)cc5)cc4)c4ccccc34)cc2)c([2H])c1[2H]. The third-order valence-electron chi connectivity index (χ3n) is 9.47. The average Bonchev–Trinajstić information content (AvgIpc) is 3.61. The highest BCUT2D eigenvalue weighted by atomic mass is 15.1. The third-order valence-corrected chi connectivity index (χ3v) is 9.47. The van der Waals surface area contributed by atoms with Crippen molar-refractivity contribution >= 4 is 32.6 Å². The number of para-hydroxylation sites is 2. The minimum atomic E-state index is -0.391. The lowest BCUT2D eigenvalue weighted by atomic mass is 9.85. The normalized spacial score (nSPS) is 12.9. The van der Waals surface area contributed by atoms with Gasteiger partial charge in [0.1, 0.15) is 5.82 Å². The molecule has 0 amide bonds. The van der Waals surface area contributed by atoms with Crippen LogP contribution in [0.5, 0.6) is 0 Å². The summed E-state index contributed by atoms with van der Waals surface area (Å²) in [6.45, 7) is 2.14. The summed E-state index contributed by atoms with van der Waals surface area (Å²) in [6.07, 6.45) is 0.848. The number of hydrogen-bond acceptors (Lipinski definition) is 1. The molecule has 0 atom stereocenters. The summed E-state index contributed by atoms with van der Waals surface area (Å²) in [6, 6.07) is 49.0. The fraction of sp³-hybridized carbons (Fsp3) is 0.0426. The summed E-state index contributed by atoms with van der Waals surface area (Å²) < 4.78 is 43.5. The van der Waals surface area contributed by atoms with Crippen molar-refractivity contribution in [1.82, 2.24) is 9.55 Å². The van der Waals surface area contributed by atoms with Crippen LogP contribution in [0.4, 0.5) is 0 Å². The molecule has 2 nitrogen and oxygen atoms in total. The average molecular weight is 632 g/mol. The predicted molar refractivity (Wildman–Crippen MR) is 207 cm³/mol.